The highest BCUT2D eigenvalue weighted by Crippen LogP contribution is 2.40. The van der Waals surface area contributed by atoms with E-state index in [1.54, 1.807) is 12.3 Å². The third-order valence-electron chi connectivity index (χ3n) is 4.98. The van der Waals surface area contributed by atoms with Crippen molar-refractivity contribution >= 4 is 5.95 Å². The minimum absolute atomic E-state index is 0.252. The number of rotatable bonds is 2. The Morgan fingerprint density at radius 3 is 2.92 bits per heavy atom. The molecule has 0 atom stereocenters. The second-order valence-electron chi connectivity index (χ2n) is 6.44. The van der Waals surface area contributed by atoms with Crippen molar-refractivity contribution in [3.05, 3.63) is 47.3 Å². The maximum absolute atomic E-state index is 13.8. The van der Waals surface area contributed by atoms with Crippen LogP contribution in [0, 0.1) is 5.82 Å². The van der Waals surface area contributed by atoms with Crippen LogP contribution >= 0.6 is 0 Å². The number of likely N-dealkylation sites (tertiary alicyclic amines) is 1. The predicted octanol–water partition coefficient (Wildman–Crippen LogP) is 1.66. The van der Waals surface area contributed by atoms with Crippen molar-refractivity contribution in [3.63, 3.8) is 0 Å². The number of pyridine rings is 1. The molecule has 0 unspecified atom stereocenters. The molecule has 126 valence electrons. The minimum Gasteiger partial charge on any atom is -0.368 e. The molecular formula is C17H20FN5O. The monoisotopic (exact) mass is 329 g/mol. The minimum atomic E-state index is -0.377. The molecule has 0 radical (unpaired) electrons. The Hall–Kier alpha value is -2.12. The second kappa shape index (κ2) is 6.07. The van der Waals surface area contributed by atoms with E-state index in [-0.39, 0.29) is 11.4 Å². The van der Waals surface area contributed by atoms with E-state index in [9.17, 15) is 4.39 Å². The first-order chi connectivity index (χ1) is 11.7. The molecule has 0 amide bonds. The van der Waals surface area contributed by atoms with E-state index in [1.165, 1.54) is 6.20 Å². The molecule has 0 bridgehead atoms. The second-order valence-corrected chi connectivity index (χ2v) is 6.44. The van der Waals surface area contributed by atoms with Crippen LogP contribution in [0.2, 0.25) is 0 Å². The molecule has 1 fully saturated rings. The van der Waals surface area contributed by atoms with Gasteiger partial charge in [-0.15, -0.1) is 0 Å². The standard InChI is InChI=1S/C17H20FN5O/c18-14-10-20-5-1-13(14)11-23-6-3-17(4-7-23)15-12(2-8-24-17)9-21-16(19)22-15/h1,5,9-10H,2-4,6-8,11H2,(H2,19,21,22). The summed E-state index contributed by atoms with van der Waals surface area (Å²) in [7, 11) is 0. The third-order valence-corrected chi connectivity index (χ3v) is 4.98. The summed E-state index contributed by atoms with van der Waals surface area (Å²) in [6, 6.07) is 1.74. The number of hydrogen-bond donors (Lipinski definition) is 1. The molecule has 7 heteroatoms. The molecule has 4 heterocycles. The highest BCUT2D eigenvalue weighted by atomic mass is 19.1. The van der Waals surface area contributed by atoms with Gasteiger partial charge in [-0.25, -0.2) is 14.4 Å². The molecule has 0 saturated carbocycles. The zero-order valence-electron chi connectivity index (χ0n) is 13.4. The number of aromatic nitrogens is 3. The van der Waals surface area contributed by atoms with Crippen molar-refractivity contribution in [2.75, 3.05) is 25.4 Å². The van der Waals surface area contributed by atoms with E-state index in [2.05, 4.69) is 19.9 Å². The lowest BCUT2D eigenvalue weighted by atomic mass is 9.83. The Kier molecular flexibility index (Phi) is 3.90. The summed E-state index contributed by atoms with van der Waals surface area (Å²) in [4.78, 5) is 14.6. The fourth-order valence-electron chi connectivity index (χ4n) is 3.65. The number of ether oxygens (including phenoxy) is 1. The van der Waals surface area contributed by atoms with E-state index in [0.717, 1.165) is 43.6 Å². The Bertz CT molecular complexity index is 746. The third kappa shape index (κ3) is 2.74. The number of nitrogens with two attached hydrogens (primary N) is 1. The molecule has 2 aliphatic heterocycles. The van der Waals surface area contributed by atoms with Gasteiger partial charge in [-0.3, -0.25) is 9.88 Å². The van der Waals surface area contributed by atoms with Gasteiger partial charge in [0.25, 0.3) is 0 Å². The van der Waals surface area contributed by atoms with Crippen molar-refractivity contribution in [1.29, 1.82) is 0 Å². The van der Waals surface area contributed by atoms with Crippen LogP contribution in [0.5, 0.6) is 0 Å². The first-order valence-electron chi connectivity index (χ1n) is 8.23. The van der Waals surface area contributed by atoms with Crippen LogP contribution in [0.3, 0.4) is 0 Å². The van der Waals surface area contributed by atoms with Crippen LogP contribution < -0.4 is 5.73 Å². The van der Waals surface area contributed by atoms with Crippen molar-refractivity contribution in [2.24, 2.45) is 0 Å². The van der Waals surface area contributed by atoms with E-state index in [1.807, 2.05) is 6.20 Å². The van der Waals surface area contributed by atoms with Crippen LogP contribution in [0.1, 0.15) is 29.7 Å². The summed E-state index contributed by atoms with van der Waals surface area (Å²) >= 11 is 0. The largest absolute Gasteiger partial charge is 0.368 e. The van der Waals surface area contributed by atoms with Crippen LogP contribution in [-0.4, -0.2) is 39.5 Å². The quantitative estimate of drug-likeness (QED) is 0.903. The van der Waals surface area contributed by atoms with Crippen molar-refractivity contribution in [2.45, 2.75) is 31.4 Å². The average molecular weight is 329 g/mol. The van der Waals surface area contributed by atoms with Gasteiger partial charge in [-0.05, 0) is 30.9 Å². The summed E-state index contributed by atoms with van der Waals surface area (Å²) in [5.41, 5.74) is 8.15. The molecular weight excluding hydrogens is 309 g/mol. The smallest absolute Gasteiger partial charge is 0.220 e. The fraction of sp³-hybridized carbons (Fsp3) is 0.471. The lowest BCUT2D eigenvalue weighted by Gasteiger charge is -2.44. The van der Waals surface area contributed by atoms with E-state index < -0.39 is 0 Å². The number of anilines is 1. The molecule has 2 aliphatic rings. The first kappa shape index (κ1) is 15.4. The molecule has 0 aliphatic carbocycles. The SMILES string of the molecule is Nc1ncc2c(n1)C1(CCN(Cc3ccncc3F)CC1)OCC2. The average Bonchev–Trinajstić information content (AvgIpc) is 2.60. The lowest BCUT2D eigenvalue weighted by molar-refractivity contribution is -0.102. The fourth-order valence-corrected chi connectivity index (χ4v) is 3.65. The zero-order chi connectivity index (χ0) is 16.6. The number of nitrogens with zero attached hydrogens (tertiary/aromatic N) is 4. The van der Waals surface area contributed by atoms with Crippen molar-refractivity contribution < 1.29 is 9.13 Å². The molecule has 2 aromatic heterocycles. The van der Waals surface area contributed by atoms with Gasteiger partial charge in [0.1, 0.15) is 11.4 Å². The van der Waals surface area contributed by atoms with Gasteiger partial charge in [0, 0.05) is 37.6 Å². The van der Waals surface area contributed by atoms with Crippen LogP contribution in [-0.2, 0) is 23.3 Å². The van der Waals surface area contributed by atoms with Gasteiger partial charge in [-0.2, -0.15) is 0 Å². The molecule has 0 aromatic carbocycles. The van der Waals surface area contributed by atoms with Gasteiger partial charge in [0.2, 0.25) is 5.95 Å². The lowest BCUT2D eigenvalue weighted by Crippen LogP contribution is -2.47. The van der Waals surface area contributed by atoms with E-state index in [0.29, 0.717) is 24.7 Å². The van der Waals surface area contributed by atoms with E-state index in [4.69, 9.17) is 10.5 Å². The predicted molar refractivity (Wildman–Crippen MR) is 86.5 cm³/mol. The molecule has 2 N–H and O–H groups in total. The number of piperidine rings is 1. The summed E-state index contributed by atoms with van der Waals surface area (Å²) in [6.07, 6.45) is 7.18. The van der Waals surface area contributed by atoms with Crippen LogP contribution in [0.25, 0.3) is 0 Å². The highest BCUT2D eigenvalue weighted by molar-refractivity contribution is 5.32. The maximum Gasteiger partial charge on any atom is 0.220 e. The van der Waals surface area contributed by atoms with Gasteiger partial charge in [0.05, 0.1) is 18.5 Å². The Labute approximate surface area is 139 Å². The first-order valence-corrected chi connectivity index (χ1v) is 8.23. The topological polar surface area (TPSA) is 77.2 Å². The number of halogens is 1. The molecule has 2 aromatic rings. The molecule has 6 nitrogen and oxygen atoms in total. The normalized spacial score (nSPS) is 20.0. The van der Waals surface area contributed by atoms with Crippen molar-refractivity contribution in [3.8, 4) is 0 Å². The Morgan fingerprint density at radius 2 is 2.12 bits per heavy atom. The van der Waals surface area contributed by atoms with E-state index >= 15 is 0 Å². The number of nitrogen functional groups attached to an aromatic ring is 1. The van der Waals surface area contributed by atoms with Crippen LogP contribution in [0.4, 0.5) is 10.3 Å². The molecule has 1 saturated heterocycles. The summed E-state index contributed by atoms with van der Waals surface area (Å²) in [5.74, 6) is 0.0393. The maximum atomic E-state index is 13.8. The number of fused-ring (bicyclic) bond motifs is 2. The Balaban J connectivity index is 1.51. The molecule has 1 spiro atoms. The van der Waals surface area contributed by atoms with Gasteiger partial charge in [0.15, 0.2) is 0 Å². The zero-order valence-corrected chi connectivity index (χ0v) is 13.4. The highest BCUT2D eigenvalue weighted by Gasteiger charge is 2.42. The Morgan fingerprint density at radius 1 is 1.29 bits per heavy atom. The summed E-state index contributed by atoms with van der Waals surface area (Å²) in [5, 5.41) is 0. The molecule has 24 heavy (non-hydrogen) atoms. The summed E-state index contributed by atoms with van der Waals surface area (Å²) < 4.78 is 19.9. The van der Waals surface area contributed by atoms with Gasteiger partial charge >= 0.3 is 0 Å². The van der Waals surface area contributed by atoms with Gasteiger partial charge < -0.3 is 10.5 Å². The number of hydrogen-bond acceptors (Lipinski definition) is 6. The summed E-state index contributed by atoms with van der Waals surface area (Å²) in [6.45, 7) is 2.92. The van der Waals surface area contributed by atoms with Crippen LogP contribution in [0.15, 0.2) is 24.7 Å². The molecule has 4 rings (SSSR count). The van der Waals surface area contributed by atoms with Crippen molar-refractivity contribution in [1.82, 2.24) is 19.9 Å². The van der Waals surface area contributed by atoms with Gasteiger partial charge in [-0.1, -0.05) is 0 Å².